The van der Waals surface area contributed by atoms with E-state index in [2.05, 4.69) is 0 Å². The van der Waals surface area contributed by atoms with Crippen LogP contribution in [-0.2, 0) is 43.0 Å². The highest BCUT2D eigenvalue weighted by molar-refractivity contribution is 5.87. The predicted molar refractivity (Wildman–Crippen MR) is 108 cm³/mol. The average molecular weight is 455 g/mol. The molecule has 0 aromatic rings. The zero-order chi connectivity index (χ0) is 24.2. The summed E-state index contributed by atoms with van der Waals surface area (Å²) in [4.78, 5) is 52.8. The van der Waals surface area contributed by atoms with Crippen LogP contribution in [0.5, 0.6) is 0 Å². The van der Waals surface area contributed by atoms with E-state index in [-0.39, 0.29) is 0 Å². The van der Waals surface area contributed by atoms with Crippen molar-refractivity contribution in [3.8, 4) is 0 Å². The smallest absolute Gasteiger partial charge is 0.303 e. The van der Waals surface area contributed by atoms with E-state index in [0.717, 1.165) is 38.8 Å². The van der Waals surface area contributed by atoms with E-state index in [1.54, 1.807) is 0 Å². The first-order valence-corrected chi connectivity index (χ1v) is 10.2. The molecule has 1 aliphatic carbocycles. The molecule has 11 nitrogen and oxygen atoms in total. The molecular formula is C21H29NO10. The van der Waals surface area contributed by atoms with Crippen LogP contribution in [0.2, 0.25) is 0 Å². The van der Waals surface area contributed by atoms with Crippen LogP contribution in [0.15, 0.2) is 11.1 Å². The van der Waals surface area contributed by atoms with Crippen molar-refractivity contribution in [2.24, 2.45) is 5.92 Å². The maximum atomic E-state index is 12.5. The molecule has 0 N–H and O–H groups in total. The summed E-state index contributed by atoms with van der Waals surface area (Å²) in [5, 5.41) is 12.5. The molecule has 0 bridgehead atoms. The largest absolute Gasteiger partial charge is 0.462 e. The molecule has 0 amide bonds. The second kappa shape index (κ2) is 10.5. The average Bonchev–Trinajstić information content (AvgIpc) is 2.97. The fourth-order valence-electron chi connectivity index (χ4n) is 3.89. The lowest BCUT2D eigenvalue weighted by Crippen LogP contribution is -2.54. The maximum Gasteiger partial charge on any atom is 0.303 e. The van der Waals surface area contributed by atoms with Crippen LogP contribution in [-0.4, -0.2) is 65.5 Å². The van der Waals surface area contributed by atoms with Gasteiger partial charge in [-0.05, 0) is 20.3 Å². The number of carbonyl (C=O) groups is 4. The van der Waals surface area contributed by atoms with Gasteiger partial charge in [-0.2, -0.15) is 0 Å². The lowest BCUT2D eigenvalue weighted by Gasteiger charge is -2.36. The van der Waals surface area contributed by atoms with Gasteiger partial charge in [-0.25, -0.2) is 0 Å². The SMILES string of the molecule is CC(=O)OC[C@@H](OC(C)=O)[C@@H](OC(C)=O)[C@H](OC(C)=O)[C@@H]1O[N+]([O-])=C2CC(C)=C(C)CC21. The first-order valence-electron chi connectivity index (χ1n) is 10.2. The molecule has 11 heteroatoms. The van der Waals surface area contributed by atoms with Gasteiger partial charge in [-0.15, -0.1) is 0 Å². The second-order valence-electron chi connectivity index (χ2n) is 7.97. The highest BCUT2D eigenvalue weighted by Crippen LogP contribution is 2.37. The molecule has 0 spiro atoms. The van der Waals surface area contributed by atoms with Gasteiger partial charge in [0, 0.05) is 32.6 Å². The third-order valence-corrected chi connectivity index (χ3v) is 5.36. The van der Waals surface area contributed by atoms with Crippen LogP contribution in [0.3, 0.4) is 0 Å². The lowest BCUT2D eigenvalue weighted by molar-refractivity contribution is -0.743. The highest BCUT2D eigenvalue weighted by Gasteiger charge is 2.52. The van der Waals surface area contributed by atoms with Crippen LogP contribution in [0.1, 0.15) is 54.4 Å². The van der Waals surface area contributed by atoms with Gasteiger partial charge in [-0.1, -0.05) is 11.1 Å². The quantitative estimate of drug-likeness (QED) is 0.228. The van der Waals surface area contributed by atoms with Crippen LogP contribution < -0.4 is 0 Å². The Kier molecular flexibility index (Phi) is 8.23. The molecular weight excluding hydrogens is 426 g/mol. The predicted octanol–water partition coefficient (Wildman–Crippen LogP) is 1.36. The summed E-state index contributed by atoms with van der Waals surface area (Å²) in [6, 6.07) is 0. The van der Waals surface area contributed by atoms with Crippen molar-refractivity contribution in [3.05, 3.63) is 16.4 Å². The molecule has 0 radical (unpaired) electrons. The Morgan fingerprint density at radius 3 is 2.09 bits per heavy atom. The van der Waals surface area contributed by atoms with Gasteiger partial charge in [0.25, 0.3) is 0 Å². The summed E-state index contributed by atoms with van der Waals surface area (Å²) < 4.78 is 21.0. The number of fused-ring (bicyclic) bond motifs is 1. The monoisotopic (exact) mass is 455 g/mol. The number of nitrogens with zero attached hydrogens (tertiary/aromatic N) is 1. The minimum absolute atomic E-state index is 0.391. The van der Waals surface area contributed by atoms with E-state index in [9.17, 15) is 24.4 Å². The molecule has 0 aromatic heterocycles. The van der Waals surface area contributed by atoms with E-state index in [1.165, 1.54) is 0 Å². The summed E-state index contributed by atoms with van der Waals surface area (Å²) in [5.41, 5.74) is 2.56. The van der Waals surface area contributed by atoms with Crippen LogP contribution in [0.4, 0.5) is 0 Å². The van der Waals surface area contributed by atoms with Gasteiger partial charge in [0.05, 0.1) is 12.3 Å². The van der Waals surface area contributed by atoms with Crippen molar-refractivity contribution in [1.29, 1.82) is 0 Å². The summed E-state index contributed by atoms with van der Waals surface area (Å²) in [5.74, 6) is -3.34. The van der Waals surface area contributed by atoms with Gasteiger partial charge in [0.1, 0.15) is 12.7 Å². The number of hydrogen-bond acceptors (Lipinski definition) is 10. The molecule has 2 aliphatic rings. The Hall–Kier alpha value is -3.11. The third kappa shape index (κ3) is 6.21. The first kappa shape index (κ1) is 25.2. The Morgan fingerprint density at radius 1 is 0.969 bits per heavy atom. The van der Waals surface area contributed by atoms with Gasteiger partial charge >= 0.3 is 23.9 Å². The fraction of sp³-hybridized carbons (Fsp3) is 0.667. The van der Waals surface area contributed by atoms with E-state index in [1.807, 2.05) is 13.8 Å². The molecule has 0 saturated carbocycles. The van der Waals surface area contributed by atoms with Crippen molar-refractivity contribution in [2.45, 2.75) is 78.8 Å². The first-order chi connectivity index (χ1) is 14.9. The minimum Gasteiger partial charge on any atom is -0.462 e. The van der Waals surface area contributed by atoms with Gasteiger partial charge < -0.3 is 23.8 Å². The van der Waals surface area contributed by atoms with Crippen molar-refractivity contribution >= 4 is 29.6 Å². The molecule has 1 aliphatic heterocycles. The van der Waals surface area contributed by atoms with E-state index in [4.69, 9.17) is 23.8 Å². The molecule has 32 heavy (non-hydrogen) atoms. The molecule has 0 fully saturated rings. The van der Waals surface area contributed by atoms with E-state index < -0.39 is 60.8 Å². The summed E-state index contributed by atoms with van der Waals surface area (Å²) >= 11 is 0. The third-order valence-electron chi connectivity index (χ3n) is 5.36. The number of esters is 4. The molecule has 1 unspecified atom stereocenters. The molecule has 5 atom stereocenters. The number of ether oxygens (including phenoxy) is 4. The molecule has 1 heterocycles. The summed E-state index contributed by atoms with van der Waals surface area (Å²) in [7, 11) is 0. The minimum atomic E-state index is -1.40. The summed E-state index contributed by atoms with van der Waals surface area (Å²) in [6.45, 7) is 7.95. The van der Waals surface area contributed by atoms with Crippen molar-refractivity contribution in [1.82, 2.24) is 0 Å². The van der Waals surface area contributed by atoms with Gasteiger partial charge in [0.15, 0.2) is 18.3 Å². The lowest BCUT2D eigenvalue weighted by atomic mass is 9.78. The van der Waals surface area contributed by atoms with Gasteiger partial charge in [0.2, 0.25) is 5.71 Å². The molecule has 2 rings (SSSR count). The molecule has 178 valence electrons. The summed E-state index contributed by atoms with van der Waals surface area (Å²) in [6.07, 6.45) is -4.18. The zero-order valence-electron chi connectivity index (χ0n) is 19.0. The zero-order valence-corrected chi connectivity index (χ0v) is 19.0. The van der Waals surface area contributed by atoms with Crippen molar-refractivity contribution in [2.75, 3.05) is 6.61 Å². The standard InChI is InChI=1S/C21H29NO10/c1-10-7-16-17(8-11(10)2)22(27)32-19(16)21(31-15(6)26)20(30-14(5)25)18(29-13(4)24)9-28-12(3)23/h16,18-21H,7-9H2,1-6H3/t16?,18-,19-,20-,21-/m1/s1. The van der Waals surface area contributed by atoms with Crippen LogP contribution in [0.25, 0.3) is 0 Å². The highest BCUT2D eigenvalue weighted by atomic mass is 16.9. The Balaban J connectivity index is 2.47. The van der Waals surface area contributed by atoms with Crippen molar-refractivity contribution < 1.29 is 47.9 Å². The topological polar surface area (TPSA) is 141 Å². The Bertz CT molecular complexity index is 846. The number of rotatable bonds is 8. The second-order valence-corrected chi connectivity index (χ2v) is 7.97. The number of allylic oxidation sites excluding steroid dienone is 2. The Morgan fingerprint density at radius 2 is 1.56 bits per heavy atom. The van der Waals surface area contributed by atoms with E-state index >= 15 is 0 Å². The van der Waals surface area contributed by atoms with E-state index in [0.29, 0.717) is 23.5 Å². The number of carbonyl (C=O) groups excluding carboxylic acids is 4. The maximum absolute atomic E-state index is 12.5. The molecule has 0 saturated heterocycles. The van der Waals surface area contributed by atoms with Crippen molar-refractivity contribution in [3.63, 3.8) is 0 Å². The van der Waals surface area contributed by atoms with Crippen LogP contribution >= 0.6 is 0 Å². The fourth-order valence-corrected chi connectivity index (χ4v) is 3.89. The molecule has 0 aromatic carbocycles. The van der Waals surface area contributed by atoms with Gasteiger partial charge in [-0.3, -0.25) is 24.4 Å². The normalized spacial score (nSPS) is 22.8. The number of hydrogen-bond donors (Lipinski definition) is 0. The van der Waals surface area contributed by atoms with Crippen LogP contribution in [0, 0.1) is 11.1 Å². The Labute approximate surface area is 185 Å².